The van der Waals surface area contributed by atoms with Crippen molar-refractivity contribution >= 4 is 27.6 Å². The van der Waals surface area contributed by atoms with Crippen LogP contribution in [-0.4, -0.2) is 0 Å². The Morgan fingerprint density at radius 1 is 1.03 bits per heavy atom. The number of benzene rings is 2. The van der Waals surface area contributed by atoms with Crippen molar-refractivity contribution in [2.75, 3.05) is 0 Å². The van der Waals surface area contributed by atoms with Crippen molar-refractivity contribution in [3.63, 3.8) is 0 Å². The van der Waals surface area contributed by atoms with Gasteiger partial charge >= 0.3 is 0 Å². The monoisotopic (exact) mass is 412 g/mol. The van der Waals surface area contributed by atoms with E-state index in [1.807, 2.05) is 56.7 Å². The highest BCUT2D eigenvalue weighted by Crippen LogP contribution is 2.41. The van der Waals surface area contributed by atoms with Crippen molar-refractivity contribution < 1.29 is 13.1 Å². The van der Waals surface area contributed by atoms with Crippen LogP contribution in [0.3, 0.4) is 0 Å². The topological polar surface area (TPSA) is 21.4 Å². The lowest BCUT2D eigenvalue weighted by molar-refractivity contribution is -0.666. The third-order valence-corrected chi connectivity index (χ3v) is 6.79. The van der Waals surface area contributed by atoms with Crippen molar-refractivity contribution in [1.29, 1.82) is 0 Å². The zero-order chi connectivity index (χ0) is 24.4. The highest BCUT2D eigenvalue weighted by atomic mass is 16.3. The summed E-state index contributed by atoms with van der Waals surface area (Å²) < 4.78 is 35.8. The maximum atomic E-state index is 9.29. The smallest absolute Gasteiger partial charge is 0.216 e. The fourth-order valence-electron chi connectivity index (χ4n) is 4.84. The molecule has 31 heavy (non-hydrogen) atoms. The molecule has 0 unspecified atom stereocenters. The summed E-state index contributed by atoms with van der Waals surface area (Å²) in [4.78, 5) is 3.62. The Bertz CT molecular complexity index is 1520. The molecule has 1 aliphatic carbocycles. The van der Waals surface area contributed by atoms with Crippen molar-refractivity contribution in [3.8, 4) is 11.3 Å². The van der Waals surface area contributed by atoms with Gasteiger partial charge in [-0.25, -0.2) is 4.85 Å². The van der Waals surface area contributed by atoms with E-state index in [9.17, 15) is 2.74 Å². The van der Waals surface area contributed by atoms with E-state index in [4.69, 9.17) is 12.4 Å². The first-order valence-electron chi connectivity index (χ1n) is 12.5. The molecule has 2 heterocycles. The second-order valence-corrected chi connectivity index (χ2v) is 8.72. The van der Waals surface area contributed by atoms with Crippen LogP contribution in [0.25, 0.3) is 38.0 Å². The molecule has 1 aliphatic rings. The van der Waals surface area contributed by atoms with Gasteiger partial charge in [0.25, 0.3) is 0 Å². The molecule has 5 rings (SSSR count). The molecule has 2 aromatic carbocycles. The Labute approximate surface area is 188 Å². The predicted octanol–water partition coefficient (Wildman–Crippen LogP) is 7.60. The molecule has 0 N–H and O–H groups in total. The van der Waals surface area contributed by atoms with Gasteiger partial charge in [0.15, 0.2) is 11.4 Å². The average Bonchev–Trinajstić information content (AvgIpc) is 3.19. The number of rotatable bonds is 2. The molecule has 1 fully saturated rings. The summed E-state index contributed by atoms with van der Waals surface area (Å²) in [6.07, 6.45) is 4.39. The fourth-order valence-corrected chi connectivity index (χ4v) is 4.84. The Balaban J connectivity index is 1.89. The number of hydrogen-bond acceptors (Lipinski definition) is 1. The van der Waals surface area contributed by atoms with E-state index in [-0.39, 0.29) is 6.04 Å². The summed E-state index contributed by atoms with van der Waals surface area (Å²) in [7, 11) is 1.89. The lowest BCUT2D eigenvalue weighted by atomic mass is 9.83. The van der Waals surface area contributed by atoms with Gasteiger partial charge in [-0.05, 0) is 49.3 Å². The first-order chi connectivity index (χ1) is 16.2. The van der Waals surface area contributed by atoms with Gasteiger partial charge in [-0.1, -0.05) is 43.5 Å². The molecule has 2 aromatic heterocycles. The summed E-state index contributed by atoms with van der Waals surface area (Å²) in [6.45, 7) is 13.3. The fraction of sp³-hybridized carbons (Fsp3) is 0.357. The summed E-state index contributed by atoms with van der Waals surface area (Å²) in [6, 6.07) is 8.42. The zero-order valence-electron chi connectivity index (χ0n) is 21.6. The molecule has 0 bridgehead atoms. The van der Waals surface area contributed by atoms with Gasteiger partial charge in [0, 0.05) is 31.2 Å². The number of aromatic nitrogens is 1. The van der Waals surface area contributed by atoms with Gasteiger partial charge in [-0.3, -0.25) is 0 Å². The minimum Gasteiger partial charge on any atom is -0.456 e. The van der Waals surface area contributed by atoms with Gasteiger partial charge in [-0.15, -0.1) is 0 Å². The number of fused-ring (bicyclic) bond motifs is 3. The van der Waals surface area contributed by atoms with Crippen LogP contribution in [0.2, 0.25) is 0 Å². The average molecular weight is 413 g/mol. The summed E-state index contributed by atoms with van der Waals surface area (Å²) in [5, 5.41) is 1.90. The van der Waals surface area contributed by atoms with E-state index in [0.29, 0.717) is 47.0 Å². The lowest BCUT2D eigenvalue weighted by Gasteiger charge is -2.22. The Hall–Kier alpha value is -3.12. The maximum absolute atomic E-state index is 9.29. The van der Waals surface area contributed by atoms with E-state index in [0.717, 1.165) is 52.4 Å². The number of pyridine rings is 1. The molecular formula is C28H29N2O+. The second kappa shape index (κ2) is 7.54. The van der Waals surface area contributed by atoms with E-state index in [2.05, 4.69) is 4.85 Å². The summed E-state index contributed by atoms with van der Waals surface area (Å²) in [5.41, 5.74) is 6.55. The highest BCUT2D eigenvalue weighted by molar-refractivity contribution is 6.11. The standard InChI is InChI=1S/C28H29N2O/c1-17-11-12-23-22-13-14-24(29-4)19(3)27(22)31-28(23)26(17)25-16-21(15-18(2)30(25)5)20-9-7-6-8-10-20/h11-16,20H,6-10H2,1-3,5H3/q+1/i15D,16D,20D. The molecule has 1 saturated carbocycles. The second-order valence-electron chi connectivity index (χ2n) is 8.72. The first kappa shape index (κ1) is 16.6. The molecule has 0 aliphatic heterocycles. The quantitative estimate of drug-likeness (QED) is 0.245. The largest absolute Gasteiger partial charge is 0.456 e. The van der Waals surface area contributed by atoms with Crippen LogP contribution in [0.5, 0.6) is 0 Å². The van der Waals surface area contributed by atoms with Gasteiger partial charge in [-0.2, -0.15) is 4.57 Å². The molecule has 0 atom stereocenters. The molecule has 0 saturated heterocycles. The molecule has 0 radical (unpaired) electrons. The number of hydrogen-bond donors (Lipinski definition) is 0. The third-order valence-electron chi connectivity index (χ3n) is 6.79. The van der Waals surface area contributed by atoms with E-state index >= 15 is 0 Å². The van der Waals surface area contributed by atoms with Gasteiger partial charge in [0.2, 0.25) is 5.69 Å². The first-order valence-corrected chi connectivity index (χ1v) is 11.0. The van der Waals surface area contributed by atoms with Crippen molar-refractivity contribution in [1.82, 2.24) is 0 Å². The van der Waals surface area contributed by atoms with Crippen molar-refractivity contribution in [2.24, 2.45) is 7.05 Å². The third kappa shape index (κ3) is 3.13. The highest BCUT2D eigenvalue weighted by Gasteiger charge is 2.25. The van der Waals surface area contributed by atoms with Gasteiger partial charge < -0.3 is 4.42 Å². The van der Waals surface area contributed by atoms with Crippen LogP contribution in [0, 0.1) is 27.3 Å². The van der Waals surface area contributed by atoms with E-state index in [1.54, 1.807) is 0 Å². The maximum Gasteiger partial charge on any atom is 0.216 e. The van der Waals surface area contributed by atoms with Crippen molar-refractivity contribution in [3.05, 3.63) is 70.2 Å². The van der Waals surface area contributed by atoms with E-state index < -0.39 is 5.89 Å². The van der Waals surface area contributed by atoms with Gasteiger partial charge in [0.1, 0.15) is 18.2 Å². The Morgan fingerprint density at radius 2 is 1.74 bits per heavy atom. The van der Waals surface area contributed by atoms with Crippen LogP contribution >= 0.6 is 0 Å². The van der Waals surface area contributed by atoms with Crippen LogP contribution in [0.15, 0.2) is 40.8 Å². The number of furan rings is 1. The van der Waals surface area contributed by atoms with Gasteiger partial charge in [0.05, 0.1) is 14.9 Å². The summed E-state index contributed by atoms with van der Waals surface area (Å²) >= 11 is 0. The Morgan fingerprint density at radius 3 is 2.48 bits per heavy atom. The molecule has 0 spiro atoms. The molecule has 3 heteroatoms. The minimum atomic E-state index is -0.906. The minimum absolute atomic E-state index is 0.254. The number of aryl methyl sites for hydroxylation is 2. The van der Waals surface area contributed by atoms with Crippen LogP contribution in [0.4, 0.5) is 5.69 Å². The normalized spacial score (nSPS) is 17.3. The van der Waals surface area contributed by atoms with Crippen LogP contribution < -0.4 is 4.57 Å². The SMILES string of the molecule is [2H]c1c(C2([2H])CCCCC2)c([2H])c(-c2c(C)ccc3c2oc2c(C)c([N+]#[C-])ccc23)[n+](C)c1C. The van der Waals surface area contributed by atoms with Crippen molar-refractivity contribution in [2.45, 2.75) is 58.8 Å². The summed E-state index contributed by atoms with van der Waals surface area (Å²) in [5.74, 6) is -0.906. The molecule has 3 nitrogen and oxygen atoms in total. The zero-order valence-corrected chi connectivity index (χ0v) is 18.6. The molecule has 0 amide bonds. The predicted molar refractivity (Wildman–Crippen MR) is 127 cm³/mol. The van der Waals surface area contributed by atoms with Crippen LogP contribution in [0.1, 0.15) is 64.5 Å². The number of nitrogens with zero attached hydrogens (tertiary/aromatic N) is 2. The lowest BCUT2D eigenvalue weighted by Crippen LogP contribution is -2.35. The molecule has 156 valence electrons. The molecular weight excluding hydrogens is 380 g/mol. The van der Waals surface area contributed by atoms with E-state index in [1.165, 1.54) is 0 Å². The van der Waals surface area contributed by atoms with Crippen LogP contribution in [-0.2, 0) is 7.05 Å². The Kier molecular flexibility index (Phi) is 4.02. The molecule has 4 aromatic rings.